The molecule has 0 saturated carbocycles. The van der Waals surface area contributed by atoms with Crippen molar-refractivity contribution in [2.75, 3.05) is 27.9 Å². The van der Waals surface area contributed by atoms with E-state index in [-0.39, 0.29) is 17.9 Å². The molecule has 1 N–H and O–H groups in total. The summed E-state index contributed by atoms with van der Waals surface area (Å²) >= 11 is 0. The second kappa shape index (κ2) is 10.3. The second-order valence-electron chi connectivity index (χ2n) is 7.96. The molecule has 35 heavy (non-hydrogen) atoms. The Labute approximate surface area is 203 Å². The molecule has 0 bridgehead atoms. The van der Waals surface area contributed by atoms with Gasteiger partial charge < -0.3 is 28.8 Å². The van der Waals surface area contributed by atoms with E-state index in [2.05, 4.69) is 4.98 Å². The lowest BCUT2D eigenvalue weighted by molar-refractivity contribution is -0.140. The van der Waals surface area contributed by atoms with E-state index in [0.717, 1.165) is 0 Å². The zero-order chi connectivity index (χ0) is 24.9. The Morgan fingerprint density at radius 2 is 1.83 bits per heavy atom. The van der Waals surface area contributed by atoms with Crippen LogP contribution in [0.15, 0.2) is 66.8 Å². The molecule has 2 heterocycles. The number of ether oxygens (including phenoxy) is 3. The van der Waals surface area contributed by atoms with Crippen molar-refractivity contribution in [3.05, 3.63) is 77.9 Å². The van der Waals surface area contributed by atoms with Gasteiger partial charge in [-0.05, 0) is 24.6 Å². The molecule has 0 spiro atoms. The molecule has 0 aliphatic carbocycles. The van der Waals surface area contributed by atoms with Gasteiger partial charge in [-0.25, -0.2) is 4.98 Å². The molecule has 3 aromatic rings. The number of hydrogen-bond donors (Lipinski definition) is 1. The van der Waals surface area contributed by atoms with Gasteiger partial charge in [0.1, 0.15) is 11.5 Å². The smallest absolute Gasteiger partial charge is 0.295 e. The molecule has 9 nitrogen and oxygen atoms in total. The SMILES string of the molecule is COc1cccc(/C(O)=C2\C(=O)C(=O)N(CCCn3ccnc3)C2c2cccc(OC)c2OC)c1. The Balaban J connectivity index is 1.82. The zero-order valence-corrected chi connectivity index (χ0v) is 19.8. The van der Waals surface area contributed by atoms with Gasteiger partial charge in [0.25, 0.3) is 11.7 Å². The fourth-order valence-electron chi connectivity index (χ4n) is 4.33. The van der Waals surface area contributed by atoms with Crippen molar-refractivity contribution in [3.8, 4) is 17.2 Å². The van der Waals surface area contributed by atoms with Crippen molar-refractivity contribution >= 4 is 17.4 Å². The monoisotopic (exact) mass is 477 g/mol. The van der Waals surface area contributed by atoms with E-state index < -0.39 is 17.7 Å². The highest BCUT2D eigenvalue weighted by atomic mass is 16.5. The predicted molar refractivity (Wildman–Crippen MR) is 128 cm³/mol. The minimum absolute atomic E-state index is 0.0163. The maximum absolute atomic E-state index is 13.3. The number of para-hydroxylation sites is 1. The maximum atomic E-state index is 13.3. The summed E-state index contributed by atoms with van der Waals surface area (Å²) in [6, 6.07) is 11.1. The number of rotatable bonds is 9. The zero-order valence-electron chi connectivity index (χ0n) is 19.8. The van der Waals surface area contributed by atoms with E-state index in [1.165, 1.54) is 26.2 Å². The van der Waals surface area contributed by atoms with E-state index >= 15 is 0 Å². The van der Waals surface area contributed by atoms with Crippen LogP contribution >= 0.6 is 0 Å². The summed E-state index contributed by atoms with van der Waals surface area (Å²) in [6.07, 6.45) is 5.78. The second-order valence-corrected chi connectivity index (χ2v) is 7.96. The Hall–Kier alpha value is -4.27. The Bertz CT molecular complexity index is 1250. The molecule has 4 rings (SSSR count). The lowest BCUT2D eigenvalue weighted by atomic mass is 9.94. The van der Waals surface area contributed by atoms with Crippen molar-refractivity contribution in [1.82, 2.24) is 14.5 Å². The third-order valence-corrected chi connectivity index (χ3v) is 5.99. The molecule has 1 atom stereocenters. The van der Waals surface area contributed by atoms with Gasteiger partial charge in [-0.2, -0.15) is 0 Å². The van der Waals surface area contributed by atoms with Crippen LogP contribution in [-0.2, 0) is 16.1 Å². The summed E-state index contributed by atoms with van der Waals surface area (Å²) in [5.41, 5.74) is 0.892. The minimum Gasteiger partial charge on any atom is -0.507 e. The van der Waals surface area contributed by atoms with Gasteiger partial charge in [-0.1, -0.05) is 24.3 Å². The van der Waals surface area contributed by atoms with E-state index in [1.807, 2.05) is 10.8 Å². The molecule has 1 fully saturated rings. The molecule has 182 valence electrons. The number of aliphatic hydroxyl groups excluding tert-OH is 1. The molecule has 1 saturated heterocycles. The normalized spacial score (nSPS) is 17.0. The Kier molecular flexibility index (Phi) is 7.05. The number of carbonyl (C=O) groups is 2. The predicted octanol–water partition coefficient (Wildman–Crippen LogP) is 3.42. The molecule has 1 amide bonds. The average molecular weight is 478 g/mol. The summed E-state index contributed by atoms with van der Waals surface area (Å²) in [7, 11) is 4.52. The van der Waals surface area contributed by atoms with Crippen LogP contribution in [0, 0.1) is 0 Å². The number of hydrogen-bond acceptors (Lipinski definition) is 7. The molecular formula is C26H27N3O6. The van der Waals surface area contributed by atoms with Crippen molar-refractivity contribution in [3.63, 3.8) is 0 Å². The number of Topliss-reactive ketones (excluding diaryl/α,β-unsaturated/α-hetero) is 1. The van der Waals surface area contributed by atoms with Gasteiger partial charge in [0.15, 0.2) is 11.5 Å². The van der Waals surface area contributed by atoms with E-state index in [0.29, 0.717) is 41.3 Å². The van der Waals surface area contributed by atoms with Crippen molar-refractivity contribution < 1.29 is 28.9 Å². The average Bonchev–Trinajstić information content (AvgIpc) is 3.50. The first-order valence-electron chi connectivity index (χ1n) is 11.1. The van der Waals surface area contributed by atoms with Crippen molar-refractivity contribution in [2.24, 2.45) is 0 Å². The third-order valence-electron chi connectivity index (χ3n) is 5.99. The highest BCUT2D eigenvalue weighted by Crippen LogP contribution is 2.45. The molecule has 1 aliphatic rings. The number of ketones is 1. The molecule has 9 heteroatoms. The quantitative estimate of drug-likeness (QED) is 0.286. The first-order valence-corrected chi connectivity index (χ1v) is 11.1. The molecule has 1 aromatic heterocycles. The van der Waals surface area contributed by atoms with E-state index in [4.69, 9.17) is 14.2 Å². The van der Waals surface area contributed by atoms with Crippen molar-refractivity contribution in [2.45, 2.75) is 19.0 Å². The number of benzene rings is 2. The standard InChI is InChI=1S/C26H27N3O6/c1-33-18-8-4-7-17(15-18)23(30)21-22(19-9-5-10-20(34-2)25(19)35-3)29(26(32)24(21)31)13-6-12-28-14-11-27-16-28/h4-5,7-11,14-16,22,30H,6,12-13H2,1-3H3/b23-21+. The highest BCUT2D eigenvalue weighted by molar-refractivity contribution is 6.46. The molecular weight excluding hydrogens is 450 g/mol. The van der Waals surface area contributed by atoms with Gasteiger partial charge in [0.2, 0.25) is 0 Å². The number of carbonyl (C=O) groups excluding carboxylic acids is 2. The van der Waals surface area contributed by atoms with Crippen LogP contribution in [-0.4, -0.2) is 59.1 Å². The lowest BCUT2D eigenvalue weighted by Crippen LogP contribution is -2.31. The van der Waals surface area contributed by atoms with Gasteiger partial charge in [-0.15, -0.1) is 0 Å². The van der Waals surface area contributed by atoms with Crippen molar-refractivity contribution in [1.29, 1.82) is 0 Å². The Morgan fingerprint density at radius 1 is 1.03 bits per heavy atom. The number of methoxy groups -OCH3 is 3. The molecule has 0 radical (unpaired) electrons. The van der Waals surface area contributed by atoms with Gasteiger partial charge in [0.05, 0.1) is 39.3 Å². The number of likely N-dealkylation sites (tertiary alicyclic amines) is 1. The van der Waals surface area contributed by atoms with Gasteiger partial charge >= 0.3 is 0 Å². The largest absolute Gasteiger partial charge is 0.507 e. The van der Waals surface area contributed by atoms with Crippen LogP contribution in [0.25, 0.3) is 5.76 Å². The minimum atomic E-state index is -0.867. The maximum Gasteiger partial charge on any atom is 0.295 e. The fraction of sp³-hybridized carbons (Fsp3) is 0.269. The summed E-state index contributed by atoms with van der Waals surface area (Å²) in [4.78, 5) is 32.0. The number of aliphatic hydroxyl groups is 1. The fourth-order valence-corrected chi connectivity index (χ4v) is 4.33. The Morgan fingerprint density at radius 3 is 2.51 bits per heavy atom. The number of amides is 1. The van der Waals surface area contributed by atoms with Crippen LogP contribution in [0.2, 0.25) is 0 Å². The molecule has 1 aliphatic heterocycles. The van der Waals surface area contributed by atoms with Gasteiger partial charge in [-0.3, -0.25) is 9.59 Å². The van der Waals surface area contributed by atoms with E-state index in [1.54, 1.807) is 55.0 Å². The summed E-state index contributed by atoms with van der Waals surface area (Å²) in [5.74, 6) is -0.375. The van der Waals surface area contributed by atoms with Crippen LogP contribution in [0.5, 0.6) is 17.2 Å². The highest BCUT2D eigenvalue weighted by Gasteiger charge is 2.47. The van der Waals surface area contributed by atoms with E-state index in [9.17, 15) is 14.7 Å². The van der Waals surface area contributed by atoms with Crippen LogP contribution in [0.3, 0.4) is 0 Å². The van der Waals surface area contributed by atoms with Crippen LogP contribution in [0.4, 0.5) is 0 Å². The number of imidazole rings is 1. The lowest BCUT2D eigenvalue weighted by Gasteiger charge is -2.27. The topological polar surface area (TPSA) is 103 Å². The summed E-state index contributed by atoms with van der Waals surface area (Å²) < 4.78 is 18.2. The first kappa shape index (κ1) is 23.9. The molecule has 1 unspecified atom stereocenters. The van der Waals surface area contributed by atoms with Crippen LogP contribution in [0.1, 0.15) is 23.6 Å². The summed E-state index contributed by atoms with van der Waals surface area (Å²) in [5, 5.41) is 11.3. The third kappa shape index (κ3) is 4.57. The number of aromatic nitrogens is 2. The van der Waals surface area contributed by atoms with Gasteiger partial charge in [0, 0.05) is 36.6 Å². The number of aryl methyl sites for hydroxylation is 1. The molecule has 2 aromatic carbocycles. The first-order chi connectivity index (χ1) is 17.0. The summed E-state index contributed by atoms with van der Waals surface area (Å²) in [6.45, 7) is 0.892. The number of nitrogens with zero attached hydrogens (tertiary/aromatic N) is 3. The van der Waals surface area contributed by atoms with Crippen LogP contribution < -0.4 is 14.2 Å².